The van der Waals surface area contributed by atoms with E-state index < -0.39 is 0 Å². The number of carbonyl (C=O) groups is 1. The summed E-state index contributed by atoms with van der Waals surface area (Å²) in [6.07, 6.45) is 0.805. The molecule has 1 aromatic heterocycles. The molecule has 3 aromatic carbocycles. The van der Waals surface area contributed by atoms with Gasteiger partial charge in [0.25, 0.3) is 5.91 Å². The molecule has 0 saturated carbocycles. The van der Waals surface area contributed by atoms with Gasteiger partial charge in [0.1, 0.15) is 24.7 Å². The molecule has 5 rings (SSSR count). The summed E-state index contributed by atoms with van der Waals surface area (Å²) in [5.41, 5.74) is 1.28. The van der Waals surface area contributed by atoms with Crippen LogP contribution in [0.4, 0.5) is 5.13 Å². The van der Waals surface area contributed by atoms with Gasteiger partial charge in [-0.3, -0.25) is 9.69 Å². The Morgan fingerprint density at radius 2 is 1.69 bits per heavy atom. The number of aromatic nitrogens is 1. The van der Waals surface area contributed by atoms with Crippen LogP contribution >= 0.6 is 11.3 Å². The third-order valence-electron chi connectivity index (χ3n) is 5.59. The Bertz CT molecular complexity index is 1280. The summed E-state index contributed by atoms with van der Waals surface area (Å²) >= 11 is 1.47. The van der Waals surface area contributed by atoms with E-state index in [0.717, 1.165) is 23.2 Å². The topological polar surface area (TPSA) is 64.1 Å². The molecule has 2 heterocycles. The zero-order valence-electron chi connectivity index (χ0n) is 19.8. The zero-order chi connectivity index (χ0) is 24.2. The van der Waals surface area contributed by atoms with Gasteiger partial charge in [0.05, 0.1) is 15.8 Å². The van der Waals surface area contributed by atoms with E-state index in [1.165, 1.54) is 11.3 Å². The fourth-order valence-electron chi connectivity index (χ4n) is 3.89. The van der Waals surface area contributed by atoms with E-state index in [9.17, 15) is 4.79 Å². The van der Waals surface area contributed by atoms with E-state index >= 15 is 0 Å². The minimum Gasteiger partial charge on any atom is -0.486 e. The molecule has 0 aliphatic carbocycles. The van der Waals surface area contributed by atoms with Gasteiger partial charge in [-0.2, -0.15) is 0 Å². The normalized spacial score (nSPS) is 12.7. The second-order valence-corrected chi connectivity index (χ2v) is 9.49. The number of amides is 1. The van der Waals surface area contributed by atoms with E-state index in [2.05, 4.69) is 4.90 Å². The van der Waals surface area contributed by atoms with Crippen LogP contribution in [0, 0.1) is 0 Å². The SMILES string of the molecule is CN(C)CCCN(C(=O)c1ccccc1Oc1ccccc1)c1nc2cc3c(cc2s1)OCCO3. The van der Waals surface area contributed by atoms with Gasteiger partial charge < -0.3 is 19.1 Å². The fourth-order valence-corrected chi connectivity index (χ4v) is 4.89. The van der Waals surface area contributed by atoms with Crippen molar-refractivity contribution in [3.63, 3.8) is 0 Å². The van der Waals surface area contributed by atoms with Crippen molar-refractivity contribution in [2.45, 2.75) is 6.42 Å². The maximum absolute atomic E-state index is 13.9. The Morgan fingerprint density at radius 1 is 0.971 bits per heavy atom. The molecule has 0 radical (unpaired) electrons. The number of benzene rings is 3. The quantitative estimate of drug-likeness (QED) is 0.328. The Labute approximate surface area is 208 Å². The molecule has 0 N–H and O–H groups in total. The first-order valence-electron chi connectivity index (χ1n) is 11.6. The number of para-hydroxylation sites is 2. The predicted octanol–water partition coefficient (Wildman–Crippen LogP) is 5.46. The maximum atomic E-state index is 13.9. The molecular formula is C27H27N3O4S. The number of hydrogen-bond acceptors (Lipinski definition) is 7. The monoisotopic (exact) mass is 489 g/mol. The van der Waals surface area contributed by atoms with Crippen LogP contribution < -0.4 is 19.1 Å². The van der Waals surface area contributed by atoms with Crippen molar-refractivity contribution < 1.29 is 19.0 Å². The zero-order valence-corrected chi connectivity index (χ0v) is 20.6. The van der Waals surface area contributed by atoms with Gasteiger partial charge in [-0.05, 0) is 51.3 Å². The molecule has 8 heteroatoms. The van der Waals surface area contributed by atoms with Crippen LogP contribution in [0.25, 0.3) is 10.2 Å². The number of anilines is 1. The van der Waals surface area contributed by atoms with Gasteiger partial charge in [0.15, 0.2) is 16.6 Å². The van der Waals surface area contributed by atoms with Crippen LogP contribution in [0.2, 0.25) is 0 Å². The lowest BCUT2D eigenvalue weighted by atomic mass is 10.1. The molecule has 0 fully saturated rings. The van der Waals surface area contributed by atoms with Gasteiger partial charge >= 0.3 is 0 Å². The maximum Gasteiger partial charge on any atom is 0.263 e. The van der Waals surface area contributed by atoms with Crippen molar-refractivity contribution in [3.05, 3.63) is 72.3 Å². The van der Waals surface area contributed by atoms with E-state index in [1.807, 2.05) is 74.8 Å². The third-order valence-corrected chi connectivity index (χ3v) is 6.63. The second kappa shape index (κ2) is 10.3. The molecule has 35 heavy (non-hydrogen) atoms. The summed E-state index contributed by atoms with van der Waals surface area (Å²) in [7, 11) is 4.05. The molecular weight excluding hydrogens is 462 g/mol. The van der Waals surface area contributed by atoms with Crippen molar-refractivity contribution >= 4 is 32.6 Å². The first-order valence-corrected chi connectivity index (χ1v) is 12.4. The summed E-state index contributed by atoms with van der Waals surface area (Å²) in [4.78, 5) is 22.6. The Morgan fingerprint density at radius 3 is 2.46 bits per heavy atom. The molecule has 4 aromatic rings. The van der Waals surface area contributed by atoms with Crippen LogP contribution in [-0.2, 0) is 0 Å². The first kappa shape index (κ1) is 23.1. The lowest BCUT2D eigenvalue weighted by Gasteiger charge is -2.22. The van der Waals surface area contributed by atoms with E-state index in [1.54, 1.807) is 11.0 Å². The van der Waals surface area contributed by atoms with Gasteiger partial charge in [-0.1, -0.05) is 41.7 Å². The standard InChI is InChI=1S/C27H27N3O4S/c1-29(2)13-8-14-30(27-28-21-17-23-24(18-25(21)35-27)33-16-15-32-23)26(31)20-11-6-7-12-22(20)34-19-9-4-3-5-10-19/h3-7,9-12,17-18H,8,13-16H2,1-2H3. The molecule has 0 atom stereocenters. The van der Waals surface area contributed by atoms with Gasteiger partial charge in [0.2, 0.25) is 0 Å². The smallest absolute Gasteiger partial charge is 0.263 e. The van der Waals surface area contributed by atoms with Crippen molar-refractivity contribution in [2.75, 3.05) is 45.3 Å². The van der Waals surface area contributed by atoms with Gasteiger partial charge in [0, 0.05) is 18.7 Å². The number of thiazole rings is 1. The Kier molecular flexibility index (Phi) is 6.83. The fraction of sp³-hybridized carbons (Fsp3) is 0.259. The molecule has 1 amide bonds. The minimum absolute atomic E-state index is 0.147. The molecule has 0 saturated heterocycles. The van der Waals surface area contributed by atoms with Crippen molar-refractivity contribution in [2.24, 2.45) is 0 Å². The highest BCUT2D eigenvalue weighted by Crippen LogP contribution is 2.39. The molecule has 7 nitrogen and oxygen atoms in total. The van der Waals surface area contributed by atoms with Crippen LogP contribution in [0.3, 0.4) is 0 Å². The number of fused-ring (bicyclic) bond motifs is 2. The minimum atomic E-state index is -0.147. The molecule has 180 valence electrons. The van der Waals surface area contributed by atoms with Crippen LogP contribution in [-0.4, -0.2) is 56.2 Å². The number of nitrogens with zero attached hydrogens (tertiary/aromatic N) is 3. The Balaban J connectivity index is 1.49. The molecule has 1 aliphatic rings. The summed E-state index contributed by atoms with van der Waals surface area (Å²) < 4.78 is 18.5. The number of hydrogen-bond donors (Lipinski definition) is 0. The van der Waals surface area contributed by atoms with Crippen LogP contribution in [0.5, 0.6) is 23.0 Å². The highest BCUT2D eigenvalue weighted by Gasteiger charge is 2.25. The van der Waals surface area contributed by atoms with Crippen molar-refractivity contribution in [3.8, 4) is 23.0 Å². The summed E-state index contributed by atoms with van der Waals surface area (Å²) in [6, 6.07) is 20.6. The van der Waals surface area contributed by atoms with E-state index in [0.29, 0.717) is 53.5 Å². The Hall–Kier alpha value is -3.62. The summed E-state index contributed by atoms with van der Waals surface area (Å²) in [5.74, 6) is 2.45. The first-order chi connectivity index (χ1) is 17.1. The number of rotatable bonds is 8. The lowest BCUT2D eigenvalue weighted by molar-refractivity contribution is 0.0984. The average molecular weight is 490 g/mol. The van der Waals surface area contributed by atoms with Crippen LogP contribution in [0.1, 0.15) is 16.8 Å². The van der Waals surface area contributed by atoms with Gasteiger partial charge in [-0.25, -0.2) is 4.98 Å². The third kappa shape index (κ3) is 5.23. The van der Waals surface area contributed by atoms with E-state index in [4.69, 9.17) is 19.2 Å². The number of carbonyl (C=O) groups excluding carboxylic acids is 1. The number of ether oxygens (including phenoxy) is 3. The molecule has 0 unspecified atom stereocenters. The molecule has 0 spiro atoms. The molecule has 1 aliphatic heterocycles. The van der Waals surface area contributed by atoms with E-state index in [-0.39, 0.29) is 5.91 Å². The van der Waals surface area contributed by atoms with Crippen molar-refractivity contribution in [1.82, 2.24) is 9.88 Å². The summed E-state index contributed by atoms with van der Waals surface area (Å²) in [5, 5.41) is 0.639. The lowest BCUT2D eigenvalue weighted by Crippen LogP contribution is -2.33. The predicted molar refractivity (Wildman–Crippen MR) is 138 cm³/mol. The second-order valence-electron chi connectivity index (χ2n) is 8.48. The van der Waals surface area contributed by atoms with Gasteiger partial charge in [-0.15, -0.1) is 0 Å². The average Bonchev–Trinajstić information content (AvgIpc) is 3.28. The largest absolute Gasteiger partial charge is 0.486 e. The molecule has 0 bridgehead atoms. The highest BCUT2D eigenvalue weighted by molar-refractivity contribution is 7.22. The van der Waals surface area contributed by atoms with Crippen LogP contribution in [0.15, 0.2) is 66.7 Å². The van der Waals surface area contributed by atoms with Crippen molar-refractivity contribution in [1.29, 1.82) is 0 Å². The summed E-state index contributed by atoms with van der Waals surface area (Å²) in [6.45, 7) is 2.43. The highest BCUT2D eigenvalue weighted by atomic mass is 32.1.